The fourth-order valence-electron chi connectivity index (χ4n) is 4.51. The Kier molecular flexibility index (Phi) is 9.04. The summed E-state index contributed by atoms with van der Waals surface area (Å²) in [7, 11) is 0. The Hall–Kier alpha value is -4.98. The lowest BCUT2D eigenvalue weighted by molar-refractivity contribution is -0.274. The number of aromatic nitrogens is 3. The molecule has 5 rings (SSSR count). The number of anilines is 1. The van der Waals surface area contributed by atoms with Crippen LogP contribution in [-0.2, 0) is 4.79 Å². The number of carbonyl (C=O) groups excluding carboxylic acids is 2. The van der Waals surface area contributed by atoms with Gasteiger partial charge in [-0.05, 0) is 66.8 Å². The molecular weight excluding hydrogens is 607 g/mol. The highest BCUT2D eigenvalue weighted by Crippen LogP contribution is 2.34. The number of benzene rings is 3. The lowest BCUT2D eigenvalue weighted by Crippen LogP contribution is -2.32. The van der Waals surface area contributed by atoms with Crippen LogP contribution in [0.3, 0.4) is 0 Å². The van der Waals surface area contributed by atoms with Crippen LogP contribution in [0, 0.1) is 6.92 Å². The van der Waals surface area contributed by atoms with Gasteiger partial charge >= 0.3 is 12.4 Å². The number of carbonyl (C=O) groups is 2. The van der Waals surface area contributed by atoms with Crippen molar-refractivity contribution < 1.29 is 27.5 Å². The maximum Gasteiger partial charge on any atom is 0.573 e. The van der Waals surface area contributed by atoms with E-state index in [2.05, 4.69) is 30.3 Å². The van der Waals surface area contributed by atoms with E-state index in [1.807, 2.05) is 39.0 Å². The van der Waals surface area contributed by atoms with E-state index in [0.717, 1.165) is 22.4 Å². The molecule has 2 heterocycles. The van der Waals surface area contributed by atoms with Crippen LogP contribution in [0.25, 0.3) is 17.1 Å². The van der Waals surface area contributed by atoms with Crippen LogP contribution in [-0.4, -0.2) is 49.7 Å². The number of nitrogens with zero attached hydrogens (tertiary/aromatic N) is 6. The highest BCUT2D eigenvalue weighted by atomic mass is 32.2. The molecule has 0 radical (unpaired) electrons. The fraction of sp³-hybridized carbons (Fsp3) is 0.226. The standard InChI is InChI=1S/C31H28F3N7O3S/c1-18(2)25-14-5-19(3)15-26(25)41-27(42)16-45-30(41)36-29(43)38-37-20(4)21-6-8-22(9-7-21)28-35-17-40(39-28)23-10-12-24(13-11-23)44-31(32,33)34/h5-15,17-18H,16H2,1-4H3,(H,38,43)/b36-30-,37-20+. The second kappa shape index (κ2) is 12.9. The van der Waals surface area contributed by atoms with Crippen LogP contribution in [0.15, 0.2) is 83.2 Å². The van der Waals surface area contributed by atoms with Crippen LogP contribution >= 0.6 is 11.8 Å². The van der Waals surface area contributed by atoms with E-state index in [-0.39, 0.29) is 23.3 Å². The molecule has 10 nitrogen and oxygen atoms in total. The summed E-state index contributed by atoms with van der Waals surface area (Å²) in [6.07, 6.45) is -3.32. The predicted molar refractivity (Wildman–Crippen MR) is 167 cm³/mol. The Balaban J connectivity index is 1.25. The lowest BCUT2D eigenvalue weighted by atomic mass is 9.99. The number of nitrogens with one attached hydrogen (secondary N) is 1. The van der Waals surface area contributed by atoms with Crippen molar-refractivity contribution in [2.24, 2.45) is 10.1 Å². The van der Waals surface area contributed by atoms with E-state index in [1.165, 1.54) is 51.9 Å². The first-order valence-corrected chi connectivity index (χ1v) is 14.7. The Bertz CT molecular complexity index is 1780. The highest BCUT2D eigenvalue weighted by molar-refractivity contribution is 8.15. The molecule has 45 heavy (non-hydrogen) atoms. The van der Waals surface area contributed by atoms with Gasteiger partial charge < -0.3 is 4.74 Å². The quantitative estimate of drug-likeness (QED) is 0.176. The molecule has 14 heteroatoms. The first-order valence-electron chi connectivity index (χ1n) is 13.8. The number of hydrogen-bond acceptors (Lipinski definition) is 7. The third kappa shape index (κ3) is 7.58. The number of rotatable bonds is 7. The van der Waals surface area contributed by atoms with Crippen molar-refractivity contribution >= 4 is 40.3 Å². The fourth-order valence-corrected chi connectivity index (χ4v) is 5.36. The van der Waals surface area contributed by atoms with Crippen molar-refractivity contribution in [2.75, 3.05) is 10.7 Å². The molecule has 232 valence electrons. The van der Waals surface area contributed by atoms with E-state index in [4.69, 9.17) is 0 Å². The van der Waals surface area contributed by atoms with E-state index in [1.54, 1.807) is 31.2 Å². The molecule has 0 unspecified atom stereocenters. The van der Waals surface area contributed by atoms with Crippen molar-refractivity contribution in [1.29, 1.82) is 0 Å². The van der Waals surface area contributed by atoms with E-state index in [0.29, 0.717) is 28.0 Å². The normalized spacial score (nSPS) is 14.8. The van der Waals surface area contributed by atoms with Gasteiger partial charge in [-0.2, -0.15) is 10.1 Å². The largest absolute Gasteiger partial charge is 0.573 e. The molecule has 1 aliphatic heterocycles. The van der Waals surface area contributed by atoms with E-state index in [9.17, 15) is 22.8 Å². The SMILES string of the molecule is C/C(=N\NC(=O)/N=C1\SCC(=O)N1c1cc(C)ccc1C(C)C)c1ccc(-c2ncn(-c3ccc(OC(F)(F)F)cc3)n2)cc1. The number of aryl methyl sites for hydroxylation is 1. The number of thioether (sulfide) groups is 1. The van der Waals surface area contributed by atoms with Crippen molar-refractivity contribution in [3.05, 3.63) is 89.7 Å². The third-order valence-corrected chi connectivity index (χ3v) is 7.64. The van der Waals surface area contributed by atoms with E-state index < -0.39 is 12.4 Å². The van der Waals surface area contributed by atoms with Crippen LogP contribution in [0.1, 0.15) is 43.4 Å². The lowest BCUT2D eigenvalue weighted by Gasteiger charge is -2.22. The molecule has 3 aromatic carbocycles. The molecule has 3 amide bonds. The average molecular weight is 636 g/mol. The predicted octanol–water partition coefficient (Wildman–Crippen LogP) is 6.83. The van der Waals surface area contributed by atoms with Gasteiger partial charge in [0.05, 0.1) is 22.8 Å². The number of hydrazone groups is 1. The number of ether oxygens (including phenoxy) is 1. The number of aliphatic imine (C=N–C) groups is 1. The monoisotopic (exact) mass is 635 g/mol. The van der Waals surface area contributed by atoms with Crippen LogP contribution in [0.5, 0.6) is 5.75 Å². The second-order valence-electron chi connectivity index (χ2n) is 10.4. The van der Waals surface area contributed by atoms with Crippen LogP contribution in [0.2, 0.25) is 0 Å². The number of alkyl halides is 3. The molecule has 4 aromatic rings. The molecule has 1 aliphatic rings. The summed E-state index contributed by atoms with van der Waals surface area (Å²) in [6, 6.07) is 17.6. The molecule has 1 aromatic heterocycles. The van der Waals surface area contributed by atoms with Crippen molar-refractivity contribution in [2.45, 2.75) is 40.0 Å². The smallest absolute Gasteiger partial charge is 0.406 e. The average Bonchev–Trinajstić information content (AvgIpc) is 3.62. The van der Waals surface area contributed by atoms with Gasteiger partial charge in [0.1, 0.15) is 12.1 Å². The zero-order valence-electron chi connectivity index (χ0n) is 24.7. The molecule has 0 spiro atoms. The molecule has 0 saturated carbocycles. The zero-order valence-corrected chi connectivity index (χ0v) is 25.5. The van der Waals surface area contributed by atoms with Crippen molar-refractivity contribution in [3.63, 3.8) is 0 Å². The summed E-state index contributed by atoms with van der Waals surface area (Å²) >= 11 is 1.20. The Morgan fingerprint density at radius 2 is 1.78 bits per heavy atom. The van der Waals surface area contributed by atoms with Crippen molar-refractivity contribution in [3.8, 4) is 22.8 Å². The maximum absolute atomic E-state index is 12.8. The number of hydrogen-bond donors (Lipinski definition) is 1. The van der Waals surface area contributed by atoms with Crippen molar-refractivity contribution in [1.82, 2.24) is 20.2 Å². The summed E-state index contributed by atoms with van der Waals surface area (Å²) in [6.45, 7) is 7.76. The van der Waals surface area contributed by atoms with Gasteiger partial charge in [0.2, 0.25) is 5.91 Å². The van der Waals surface area contributed by atoms with Crippen LogP contribution < -0.4 is 15.1 Å². The Morgan fingerprint density at radius 3 is 2.44 bits per heavy atom. The zero-order chi connectivity index (χ0) is 32.3. The molecule has 1 fully saturated rings. The number of halogens is 3. The molecule has 0 aliphatic carbocycles. The van der Waals surface area contributed by atoms with Gasteiger partial charge in [-0.3, -0.25) is 9.69 Å². The number of amidine groups is 1. The Morgan fingerprint density at radius 1 is 1.07 bits per heavy atom. The topological polar surface area (TPSA) is 114 Å². The minimum Gasteiger partial charge on any atom is -0.406 e. The molecule has 1 N–H and O–H groups in total. The first-order chi connectivity index (χ1) is 21.4. The summed E-state index contributed by atoms with van der Waals surface area (Å²) in [5.74, 6) is 0.272. The third-order valence-electron chi connectivity index (χ3n) is 6.72. The van der Waals surface area contributed by atoms with Gasteiger partial charge in [0.25, 0.3) is 0 Å². The maximum atomic E-state index is 12.8. The number of amides is 3. The summed E-state index contributed by atoms with van der Waals surface area (Å²) < 4.78 is 42.6. The van der Waals surface area contributed by atoms with Gasteiger partial charge in [-0.1, -0.05) is 62.0 Å². The number of urea groups is 1. The molecule has 0 bridgehead atoms. The second-order valence-corrected chi connectivity index (χ2v) is 11.3. The summed E-state index contributed by atoms with van der Waals surface area (Å²) in [5.41, 5.74) is 7.57. The first kappa shape index (κ1) is 31.4. The summed E-state index contributed by atoms with van der Waals surface area (Å²) in [5, 5.41) is 8.86. The molecule has 0 atom stereocenters. The van der Waals surface area contributed by atoms with Gasteiger partial charge in [-0.15, -0.1) is 18.3 Å². The van der Waals surface area contributed by atoms with Gasteiger partial charge in [-0.25, -0.2) is 19.9 Å². The minimum atomic E-state index is -4.77. The van der Waals surface area contributed by atoms with Gasteiger partial charge in [0.15, 0.2) is 11.0 Å². The Labute approximate surface area is 261 Å². The molecular formula is C31H28F3N7O3S. The van der Waals surface area contributed by atoms with E-state index >= 15 is 0 Å². The highest BCUT2D eigenvalue weighted by Gasteiger charge is 2.33. The minimum absolute atomic E-state index is 0.147. The van der Waals surface area contributed by atoms with Crippen LogP contribution in [0.4, 0.5) is 23.7 Å². The molecule has 1 saturated heterocycles. The summed E-state index contributed by atoms with van der Waals surface area (Å²) in [4.78, 5) is 35.4. The van der Waals surface area contributed by atoms with Gasteiger partial charge in [0, 0.05) is 5.56 Å².